The molecule has 0 aliphatic carbocycles. The van der Waals surface area contributed by atoms with Gasteiger partial charge in [-0.15, -0.1) is 10.2 Å². The summed E-state index contributed by atoms with van der Waals surface area (Å²) in [6, 6.07) is 25.6. The lowest BCUT2D eigenvalue weighted by atomic mass is 10.0. The molecule has 1 aliphatic heterocycles. The number of aromatic nitrogens is 3. The number of nitrogens with zero attached hydrogens (tertiary/aromatic N) is 4. The molecule has 0 unspecified atom stereocenters. The summed E-state index contributed by atoms with van der Waals surface area (Å²) in [5, 5.41) is 12.5. The Kier molecular flexibility index (Phi) is 9.49. The molecule has 8 nitrogen and oxygen atoms in total. The molecule has 4 aromatic carbocycles. The summed E-state index contributed by atoms with van der Waals surface area (Å²) in [4.78, 5) is 19.7. The Bertz CT molecular complexity index is 1710. The third-order valence-corrected chi connectivity index (χ3v) is 7.53. The second-order valence-electron chi connectivity index (χ2n) is 10.2. The highest BCUT2D eigenvalue weighted by molar-refractivity contribution is 6.33. The molecule has 9 heteroatoms. The number of nitrogens with one attached hydrogen (secondary N) is 1. The molecule has 0 amide bonds. The van der Waals surface area contributed by atoms with Gasteiger partial charge in [-0.3, -0.25) is 4.90 Å². The van der Waals surface area contributed by atoms with Gasteiger partial charge in [-0.25, -0.2) is 9.78 Å². The summed E-state index contributed by atoms with van der Waals surface area (Å²) >= 11 is 6.56. The summed E-state index contributed by atoms with van der Waals surface area (Å²) < 4.78 is 11.5. The molecule has 1 aliphatic rings. The van der Waals surface area contributed by atoms with Gasteiger partial charge in [-0.05, 0) is 111 Å². The third-order valence-electron chi connectivity index (χ3n) is 7.20. The fourth-order valence-corrected chi connectivity index (χ4v) is 5.24. The van der Waals surface area contributed by atoms with E-state index in [2.05, 4.69) is 20.4 Å². The summed E-state index contributed by atoms with van der Waals surface area (Å²) in [7, 11) is 0. The number of benzene rings is 4. The van der Waals surface area contributed by atoms with Crippen molar-refractivity contribution in [3.63, 3.8) is 0 Å². The van der Waals surface area contributed by atoms with Crippen molar-refractivity contribution in [1.29, 1.82) is 0 Å². The molecular weight excluding hydrogens is 562 g/mol. The van der Waals surface area contributed by atoms with E-state index in [1.54, 1.807) is 42.5 Å². The Morgan fingerprint density at radius 3 is 2.44 bits per heavy atom. The zero-order valence-electron chi connectivity index (χ0n) is 23.2. The van der Waals surface area contributed by atoms with Crippen LogP contribution in [0.5, 0.6) is 11.5 Å². The first-order valence-corrected chi connectivity index (χ1v) is 14.3. The number of aryl methyl sites for hydroxylation is 1. The van der Waals surface area contributed by atoms with Crippen molar-refractivity contribution in [2.75, 3.05) is 31.6 Å². The minimum Gasteiger partial charge on any atom is -0.492 e. The van der Waals surface area contributed by atoms with Crippen molar-refractivity contribution in [2.24, 2.45) is 0 Å². The first-order chi connectivity index (χ1) is 20.5. The number of carbonyl (C=O) groups is 1. The second kappa shape index (κ2) is 13.6. The molecule has 1 aromatic heterocycles. The number of fused-ring (bicyclic) bond motifs is 1. The average molecular weight is 596 g/mol. The second-order valence-corrected chi connectivity index (χ2v) is 10.6. The topological polar surface area (TPSA) is 89.5 Å². The summed E-state index contributed by atoms with van der Waals surface area (Å²) in [5.74, 6) is 1.19. The first-order valence-electron chi connectivity index (χ1n) is 14.0. The smallest absolute Gasteiger partial charge is 0.343 e. The van der Waals surface area contributed by atoms with Gasteiger partial charge in [0.25, 0.3) is 0 Å². The van der Waals surface area contributed by atoms with Crippen LogP contribution in [0.25, 0.3) is 22.2 Å². The van der Waals surface area contributed by atoms with E-state index in [4.69, 9.17) is 26.1 Å². The van der Waals surface area contributed by atoms with Gasteiger partial charge in [-0.2, -0.15) is 0 Å². The number of likely N-dealkylation sites (tertiary alicyclic amines) is 1. The molecule has 0 spiro atoms. The van der Waals surface area contributed by atoms with Gasteiger partial charge in [0.2, 0.25) is 5.95 Å². The van der Waals surface area contributed by atoms with E-state index in [1.807, 2.05) is 49.4 Å². The lowest BCUT2D eigenvalue weighted by molar-refractivity contribution is 0.0735. The highest BCUT2D eigenvalue weighted by atomic mass is 35.5. The van der Waals surface area contributed by atoms with E-state index in [9.17, 15) is 4.79 Å². The predicted octanol–water partition coefficient (Wildman–Crippen LogP) is 7.73. The predicted molar refractivity (Wildman–Crippen MR) is 172 cm³/mol. The van der Waals surface area contributed by atoms with E-state index >= 15 is 0 Å². The quantitative estimate of drug-likeness (QED) is 0.137. The molecule has 43 heavy (non-hydrogen) atoms. The number of esters is 1. The maximum Gasteiger partial charge on any atom is 0.343 e. The fraction of sp³-hybridized carbons (Fsp3) is 0.235. The molecular formula is C34H34ClN5O3. The van der Waals surface area contributed by atoms with E-state index in [-0.39, 0.29) is 7.43 Å². The van der Waals surface area contributed by atoms with Crippen molar-refractivity contribution in [3.8, 4) is 22.6 Å². The lowest BCUT2D eigenvalue weighted by Gasteiger charge is -2.15. The Morgan fingerprint density at radius 1 is 0.930 bits per heavy atom. The SMILES string of the molecule is C.Cc1cc(-c2cc(OC(=O)c3ccccc3)ccc2Cl)cc2nnc(Nc3ccc(OCCN4CCCC4)cc3)nc12. The van der Waals surface area contributed by atoms with Gasteiger partial charge in [-0.1, -0.05) is 37.2 Å². The molecule has 6 rings (SSSR count). The molecule has 2 heterocycles. The van der Waals surface area contributed by atoms with Crippen molar-refractivity contribution in [3.05, 3.63) is 101 Å². The molecule has 0 atom stereocenters. The summed E-state index contributed by atoms with van der Waals surface area (Å²) in [6.45, 7) is 5.93. The van der Waals surface area contributed by atoms with Crippen LogP contribution >= 0.6 is 11.6 Å². The van der Waals surface area contributed by atoms with Crippen LogP contribution in [0.1, 0.15) is 36.2 Å². The third kappa shape index (κ3) is 7.28. The number of hydrogen-bond donors (Lipinski definition) is 1. The van der Waals surface area contributed by atoms with Gasteiger partial charge in [0, 0.05) is 22.8 Å². The van der Waals surface area contributed by atoms with Crippen LogP contribution in [-0.2, 0) is 0 Å². The number of halogens is 1. The zero-order chi connectivity index (χ0) is 28.9. The Hall–Kier alpha value is -4.53. The van der Waals surface area contributed by atoms with Gasteiger partial charge < -0.3 is 14.8 Å². The number of ether oxygens (including phenoxy) is 2. The van der Waals surface area contributed by atoms with Crippen molar-refractivity contribution >= 4 is 40.2 Å². The molecule has 0 saturated carbocycles. The van der Waals surface area contributed by atoms with Gasteiger partial charge >= 0.3 is 5.97 Å². The van der Waals surface area contributed by atoms with Crippen LogP contribution in [-0.4, -0.2) is 52.3 Å². The normalized spacial score (nSPS) is 13.0. The van der Waals surface area contributed by atoms with Crippen molar-refractivity contribution in [1.82, 2.24) is 20.1 Å². The first kappa shape index (κ1) is 29.9. The largest absolute Gasteiger partial charge is 0.492 e. The van der Waals surface area contributed by atoms with Crippen LogP contribution < -0.4 is 14.8 Å². The van der Waals surface area contributed by atoms with Gasteiger partial charge in [0.05, 0.1) is 11.1 Å². The van der Waals surface area contributed by atoms with Crippen LogP contribution in [0.2, 0.25) is 5.02 Å². The number of anilines is 2. The lowest BCUT2D eigenvalue weighted by Crippen LogP contribution is -2.25. The number of carbonyl (C=O) groups excluding carboxylic acids is 1. The molecule has 0 radical (unpaired) electrons. The number of rotatable bonds is 9. The minimum atomic E-state index is -0.437. The van der Waals surface area contributed by atoms with E-state index < -0.39 is 5.97 Å². The molecule has 1 fully saturated rings. The monoisotopic (exact) mass is 595 g/mol. The molecule has 0 bridgehead atoms. The van der Waals surface area contributed by atoms with Crippen molar-refractivity contribution in [2.45, 2.75) is 27.2 Å². The van der Waals surface area contributed by atoms with E-state index in [0.717, 1.165) is 34.6 Å². The number of hydrogen-bond acceptors (Lipinski definition) is 8. The summed E-state index contributed by atoms with van der Waals surface area (Å²) in [6.07, 6.45) is 2.56. The molecule has 1 saturated heterocycles. The maximum atomic E-state index is 12.5. The molecule has 5 aromatic rings. The van der Waals surface area contributed by atoms with Crippen LogP contribution in [0.4, 0.5) is 11.6 Å². The van der Waals surface area contributed by atoms with E-state index in [1.165, 1.54) is 25.9 Å². The van der Waals surface area contributed by atoms with Gasteiger partial charge in [0.15, 0.2) is 0 Å². The standard InChI is InChI=1S/C33H30ClN5O3.CH4/c1-22-19-24(28-21-27(13-14-29(28)34)42-32(40)23-7-3-2-4-8-23)20-30-31(22)36-33(38-37-30)35-25-9-11-26(12-10-25)41-18-17-39-15-5-6-16-39;/h2-4,7-14,19-21H,5-6,15-18H2,1H3,(H,35,36,38);1H4. The van der Waals surface area contributed by atoms with Gasteiger partial charge in [0.1, 0.15) is 23.6 Å². The van der Waals surface area contributed by atoms with Crippen LogP contribution in [0.15, 0.2) is 84.9 Å². The Morgan fingerprint density at radius 2 is 1.67 bits per heavy atom. The zero-order valence-corrected chi connectivity index (χ0v) is 24.0. The van der Waals surface area contributed by atoms with Crippen LogP contribution in [0, 0.1) is 6.92 Å². The van der Waals surface area contributed by atoms with Crippen LogP contribution in [0.3, 0.4) is 0 Å². The Labute approximate surface area is 256 Å². The molecule has 1 N–H and O–H groups in total. The highest BCUT2D eigenvalue weighted by Gasteiger charge is 2.14. The Balaban J connectivity index is 0.00000368. The molecule has 220 valence electrons. The van der Waals surface area contributed by atoms with E-state index in [0.29, 0.717) is 40.0 Å². The minimum absolute atomic E-state index is 0. The maximum absolute atomic E-state index is 12.5. The highest BCUT2D eigenvalue weighted by Crippen LogP contribution is 2.34. The summed E-state index contributed by atoms with van der Waals surface area (Å²) in [5.41, 5.74) is 5.10. The van der Waals surface area contributed by atoms with Crippen molar-refractivity contribution < 1.29 is 14.3 Å². The fourth-order valence-electron chi connectivity index (χ4n) is 5.01. The average Bonchev–Trinajstić information content (AvgIpc) is 3.53.